The fraction of sp³-hybridized carbons (Fsp3) is 0.467. The number of para-hydroxylation sites is 1. The van der Waals surface area contributed by atoms with Crippen LogP contribution in [0.3, 0.4) is 0 Å². The summed E-state index contributed by atoms with van der Waals surface area (Å²) in [4.78, 5) is 66.5. The van der Waals surface area contributed by atoms with E-state index in [0.717, 1.165) is 112 Å². The van der Waals surface area contributed by atoms with Crippen molar-refractivity contribution in [1.29, 1.82) is 0 Å². The molecule has 2 N–H and O–H groups in total. The van der Waals surface area contributed by atoms with E-state index in [1.54, 1.807) is 9.80 Å². The van der Waals surface area contributed by atoms with Crippen LogP contribution in [0.4, 0.5) is 46.9 Å². The summed E-state index contributed by atoms with van der Waals surface area (Å²) in [7, 11) is 3.69. The molecule has 11 rings (SSSR count). The number of halogens is 7. The lowest BCUT2D eigenvalue weighted by Gasteiger charge is -2.44. The van der Waals surface area contributed by atoms with Crippen LogP contribution in [0.2, 0.25) is 0 Å². The van der Waals surface area contributed by atoms with Gasteiger partial charge in [0.05, 0.1) is 29.5 Å². The molecule has 3 fully saturated rings. The Hall–Kier alpha value is -7.89. The number of unbranched alkanes of at least 4 members (excludes halogenated alkanes) is 2. The molecule has 0 bridgehead atoms. The summed E-state index contributed by atoms with van der Waals surface area (Å²) in [5.41, 5.74) is 3.62. The van der Waals surface area contributed by atoms with Gasteiger partial charge in [-0.15, -0.1) is 0 Å². The average molecular weight is 1350 g/mol. The molecule has 1 spiro atoms. The number of ether oxygens (including phenoxy) is 2. The van der Waals surface area contributed by atoms with Crippen molar-refractivity contribution in [3.63, 3.8) is 0 Å². The van der Waals surface area contributed by atoms with Crippen LogP contribution in [-0.2, 0) is 61.8 Å². The Bertz CT molecular complexity index is 3660. The third-order valence-corrected chi connectivity index (χ3v) is 20.6. The van der Waals surface area contributed by atoms with Gasteiger partial charge in [-0.25, -0.2) is 9.18 Å². The minimum Gasteiger partial charge on any atom is -0.465 e. The monoisotopic (exact) mass is 1340 g/mol. The lowest BCUT2D eigenvalue weighted by atomic mass is 9.72. The zero-order valence-corrected chi connectivity index (χ0v) is 55.2. The molecule has 0 saturated carbocycles. The van der Waals surface area contributed by atoms with Crippen LogP contribution in [0.15, 0.2) is 140 Å². The number of carbonyl (C=O) groups is 4. The Morgan fingerprint density at radius 2 is 1.35 bits per heavy atom. The van der Waals surface area contributed by atoms with Crippen molar-refractivity contribution in [3.8, 4) is 11.1 Å². The van der Waals surface area contributed by atoms with E-state index in [4.69, 9.17) is 9.47 Å². The molecule has 15 nitrogen and oxygen atoms in total. The lowest BCUT2D eigenvalue weighted by Crippen LogP contribution is -2.50. The van der Waals surface area contributed by atoms with Crippen molar-refractivity contribution in [3.05, 3.63) is 190 Å². The Kier molecular flexibility index (Phi) is 22.4. The van der Waals surface area contributed by atoms with E-state index >= 15 is 0 Å². The predicted molar refractivity (Wildman–Crippen MR) is 357 cm³/mol. The van der Waals surface area contributed by atoms with Gasteiger partial charge in [-0.2, -0.15) is 26.3 Å². The van der Waals surface area contributed by atoms with Gasteiger partial charge in [-0.3, -0.25) is 24.2 Å². The summed E-state index contributed by atoms with van der Waals surface area (Å²) in [6.07, 6.45) is -2.74. The average Bonchev–Trinajstić information content (AvgIpc) is 1.60. The molecule has 6 aromatic carbocycles. The number of rotatable bonds is 25. The number of likely N-dealkylation sites (N-methyl/N-ethyl adjacent to an activating group) is 2. The van der Waals surface area contributed by atoms with E-state index in [0.29, 0.717) is 81.8 Å². The Labute approximate surface area is 563 Å². The minimum absolute atomic E-state index is 0.0190. The first-order chi connectivity index (χ1) is 46.6. The Morgan fingerprint density at radius 1 is 0.670 bits per heavy atom. The number of likely N-dealkylation sites (tertiary alicyclic amines) is 2. The van der Waals surface area contributed by atoms with Crippen LogP contribution >= 0.6 is 0 Å². The van der Waals surface area contributed by atoms with Crippen molar-refractivity contribution < 1.29 is 64.5 Å². The molecule has 4 aliphatic heterocycles. The van der Waals surface area contributed by atoms with Gasteiger partial charge in [0, 0.05) is 114 Å². The first-order valence-electron chi connectivity index (χ1n) is 33.9. The maximum atomic E-state index is 14.3. The van der Waals surface area contributed by atoms with E-state index < -0.39 is 59.2 Å². The third-order valence-electron chi connectivity index (χ3n) is 20.6. The van der Waals surface area contributed by atoms with E-state index in [1.165, 1.54) is 46.5 Å². The van der Waals surface area contributed by atoms with Gasteiger partial charge < -0.3 is 44.4 Å². The molecular formula is C75H87F7N8O7. The van der Waals surface area contributed by atoms with Gasteiger partial charge >= 0.3 is 18.4 Å². The highest BCUT2D eigenvalue weighted by Crippen LogP contribution is 2.49. The van der Waals surface area contributed by atoms with Crippen LogP contribution in [0.25, 0.3) is 11.1 Å². The molecule has 22 heteroatoms. The number of carboxylic acid groups (broad SMARTS) is 1. The largest absolute Gasteiger partial charge is 0.465 e. The summed E-state index contributed by atoms with van der Waals surface area (Å²) in [6.45, 7) is 7.95. The van der Waals surface area contributed by atoms with Crippen molar-refractivity contribution in [2.24, 2.45) is 0 Å². The highest BCUT2D eigenvalue weighted by Gasteiger charge is 2.50. The van der Waals surface area contributed by atoms with Gasteiger partial charge in [0.15, 0.2) is 0 Å². The molecule has 2 atom stereocenters. The predicted octanol–water partition coefficient (Wildman–Crippen LogP) is 13.2. The summed E-state index contributed by atoms with van der Waals surface area (Å²) in [5, 5.41) is 14.0. The maximum Gasteiger partial charge on any atom is 0.416 e. The molecule has 4 heterocycles. The molecule has 97 heavy (non-hydrogen) atoms. The van der Waals surface area contributed by atoms with Gasteiger partial charge in [0.1, 0.15) is 24.8 Å². The second-order valence-corrected chi connectivity index (χ2v) is 26.8. The fourth-order valence-electron chi connectivity index (χ4n) is 15.0. The molecule has 5 aliphatic rings. The van der Waals surface area contributed by atoms with E-state index in [9.17, 15) is 55.0 Å². The lowest BCUT2D eigenvalue weighted by molar-refractivity contribution is -0.143. The molecular weight excluding hydrogens is 1260 g/mol. The van der Waals surface area contributed by atoms with E-state index in [1.807, 2.05) is 85.7 Å². The minimum atomic E-state index is -5.14. The van der Waals surface area contributed by atoms with Crippen molar-refractivity contribution in [2.75, 3.05) is 116 Å². The van der Waals surface area contributed by atoms with Crippen LogP contribution in [0.5, 0.6) is 0 Å². The van der Waals surface area contributed by atoms with Crippen LogP contribution < -0.4 is 10.2 Å². The van der Waals surface area contributed by atoms with E-state index in [-0.39, 0.29) is 55.0 Å². The van der Waals surface area contributed by atoms with Crippen LogP contribution in [0, 0.1) is 5.82 Å². The highest BCUT2D eigenvalue weighted by molar-refractivity contribution is 5.95. The number of carbonyl (C=O) groups excluding carboxylic acids is 3. The van der Waals surface area contributed by atoms with Crippen molar-refractivity contribution >= 4 is 35.2 Å². The number of hydrogen-bond donors (Lipinski definition) is 2. The number of amides is 4. The molecule has 0 unspecified atom stereocenters. The summed E-state index contributed by atoms with van der Waals surface area (Å²) in [6, 6.07) is 38.6. The fourth-order valence-corrected chi connectivity index (χ4v) is 15.0. The molecule has 0 radical (unpaired) electrons. The Morgan fingerprint density at radius 3 is 2.07 bits per heavy atom. The third kappa shape index (κ3) is 17.0. The standard InChI is InChI=1S/C75H87F7N8O7/c1-84(34-13-35-88-36-27-54-46-62(26-21-56(54)49-88)83-33-12-4-7-20-68(91)85(2)42-43-86-37-28-63(29-38-86)90(71(94)95)66-19-11-9-17-64(66)53-14-5-3-6-15-53)69(92)50-96-67-47-55-16-8-10-18-65(55)72(67)30-39-87(40-31-72)41-32-73(58-22-24-61(76)25-23-58)51-89(52-97-73)70(93)57-44-59(74(77,78)79)48-60(45-57)75(80,81)82/h3,5-6,8-11,14-19,21-26,44-46,48,63,67,83H,4,7,12-13,20,27-43,47,49-52H2,1-2H3,(H,94,95)/t67-,73+/m0/s1. The normalized spacial score (nSPS) is 19.2. The maximum absolute atomic E-state index is 14.3. The summed E-state index contributed by atoms with van der Waals surface area (Å²) < 4.78 is 110. The van der Waals surface area contributed by atoms with Gasteiger partial charge in [0.25, 0.3) is 5.91 Å². The summed E-state index contributed by atoms with van der Waals surface area (Å²) >= 11 is 0. The molecule has 4 amide bonds. The topological polar surface area (TPSA) is 142 Å². The van der Waals surface area contributed by atoms with E-state index in [2.05, 4.69) is 50.3 Å². The zero-order chi connectivity index (χ0) is 68.5. The van der Waals surface area contributed by atoms with Gasteiger partial charge in [-0.1, -0.05) is 97.4 Å². The number of hydrogen-bond acceptors (Lipinski definition) is 10. The number of piperidine rings is 2. The second-order valence-electron chi connectivity index (χ2n) is 26.8. The first kappa shape index (κ1) is 70.4. The number of nitrogens with one attached hydrogen (secondary N) is 1. The molecule has 1 aliphatic carbocycles. The quantitative estimate of drug-likeness (QED) is 0.0418. The molecule has 6 aromatic rings. The number of benzene rings is 6. The first-order valence-corrected chi connectivity index (χ1v) is 33.9. The SMILES string of the molecule is CN(CCN1CCC(N(C(=O)O)c2ccccc2-c2ccccc2)CC1)C(=O)CCCCCNc1ccc2c(c1)CCN(CCCN(C)C(=O)CO[C@H]1Cc3ccccc3C13CCN(CC[C@]1(c4ccc(F)cc4)CN(C(=O)c4cc(C(F)(F)F)cc(C(F)(F)F)c4)CO1)CC3)C2. The smallest absolute Gasteiger partial charge is 0.416 e. The van der Waals surface area contributed by atoms with Gasteiger partial charge in [0.2, 0.25) is 11.8 Å². The van der Waals surface area contributed by atoms with Gasteiger partial charge in [-0.05, 0) is 159 Å². The second kappa shape index (κ2) is 30.9. The number of alkyl halides is 6. The molecule has 0 aromatic heterocycles. The molecule has 518 valence electrons. The Balaban J connectivity index is 0.577. The van der Waals surface area contributed by atoms with Crippen LogP contribution in [0.1, 0.15) is 114 Å². The van der Waals surface area contributed by atoms with Crippen molar-refractivity contribution in [1.82, 2.24) is 29.4 Å². The van der Waals surface area contributed by atoms with Crippen molar-refractivity contribution in [2.45, 2.75) is 119 Å². The number of anilines is 2. The number of nitrogens with zero attached hydrogens (tertiary/aromatic N) is 7. The molecule has 3 saturated heterocycles. The highest BCUT2D eigenvalue weighted by atomic mass is 19.4. The number of fused-ring (bicyclic) bond motifs is 3. The van der Waals surface area contributed by atoms with Crippen LogP contribution in [-0.4, -0.2) is 176 Å². The zero-order valence-electron chi connectivity index (χ0n) is 55.2. The summed E-state index contributed by atoms with van der Waals surface area (Å²) in [5.74, 6) is -1.53.